The van der Waals surface area contributed by atoms with Gasteiger partial charge in [-0.05, 0) is 49.2 Å². The van der Waals surface area contributed by atoms with Gasteiger partial charge < -0.3 is 16.0 Å². The fourth-order valence-corrected chi connectivity index (χ4v) is 2.57. The van der Waals surface area contributed by atoms with Crippen molar-refractivity contribution < 1.29 is 9.59 Å². The molecule has 118 valence electrons. The molecule has 5 heteroatoms. The topological polar surface area (TPSA) is 70.2 Å². The van der Waals surface area contributed by atoms with Gasteiger partial charge >= 0.3 is 0 Å². The van der Waals surface area contributed by atoms with Gasteiger partial charge in [0.2, 0.25) is 11.8 Å². The third-order valence-electron chi connectivity index (χ3n) is 3.99. The summed E-state index contributed by atoms with van der Waals surface area (Å²) in [7, 11) is 0. The lowest BCUT2D eigenvalue weighted by molar-refractivity contribution is -0.122. The van der Waals surface area contributed by atoms with Crippen LogP contribution in [0, 0.1) is 13.8 Å². The highest BCUT2D eigenvalue weighted by atomic mass is 16.2. The minimum absolute atomic E-state index is 0.0765. The van der Waals surface area contributed by atoms with Crippen molar-refractivity contribution in [2.24, 2.45) is 0 Å². The Labute approximate surface area is 135 Å². The Morgan fingerprint density at radius 1 is 1.09 bits per heavy atom. The van der Waals surface area contributed by atoms with E-state index in [2.05, 4.69) is 16.0 Å². The van der Waals surface area contributed by atoms with E-state index in [1.807, 2.05) is 56.3 Å². The summed E-state index contributed by atoms with van der Waals surface area (Å²) in [6.07, 6.45) is 0.0765. The van der Waals surface area contributed by atoms with E-state index in [0.717, 1.165) is 28.2 Å². The van der Waals surface area contributed by atoms with Crippen LogP contribution < -0.4 is 16.0 Å². The third kappa shape index (κ3) is 3.34. The Kier molecular flexibility index (Phi) is 4.02. The van der Waals surface area contributed by atoms with E-state index in [1.54, 1.807) is 0 Å². The molecule has 2 aromatic carbocycles. The first kappa shape index (κ1) is 15.1. The molecular formula is C18H19N3O2. The van der Waals surface area contributed by atoms with Crippen LogP contribution >= 0.6 is 0 Å². The van der Waals surface area contributed by atoms with E-state index in [0.29, 0.717) is 0 Å². The van der Waals surface area contributed by atoms with Gasteiger partial charge in [0.1, 0.15) is 6.04 Å². The Balaban J connectivity index is 1.70. The zero-order valence-corrected chi connectivity index (χ0v) is 13.1. The van der Waals surface area contributed by atoms with E-state index in [1.165, 1.54) is 0 Å². The largest absolute Gasteiger partial charge is 0.372 e. The molecule has 0 aliphatic carbocycles. The highest BCUT2D eigenvalue weighted by molar-refractivity contribution is 6.06. The molecule has 1 aliphatic heterocycles. The predicted octanol–water partition coefficient (Wildman–Crippen LogP) is 3.06. The van der Waals surface area contributed by atoms with Crippen LogP contribution in [0.4, 0.5) is 17.1 Å². The number of carbonyl (C=O) groups excluding carboxylic acids is 2. The number of amides is 2. The van der Waals surface area contributed by atoms with Gasteiger partial charge in [-0.3, -0.25) is 9.59 Å². The molecule has 5 nitrogen and oxygen atoms in total. The first-order valence-corrected chi connectivity index (χ1v) is 7.56. The molecule has 0 spiro atoms. The van der Waals surface area contributed by atoms with Crippen molar-refractivity contribution in [3.63, 3.8) is 0 Å². The number of hydrogen-bond acceptors (Lipinski definition) is 3. The quantitative estimate of drug-likeness (QED) is 0.816. The summed E-state index contributed by atoms with van der Waals surface area (Å²) in [5, 5.41) is 8.82. The number of rotatable bonds is 3. The Hall–Kier alpha value is -2.82. The molecule has 0 fully saturated rings. The van der Waals surface area contributed by atoms with E-state index in [4.69, 9.17) is 0 Å². The Morgan fingerprint density at radius 2 is 1.74 bits per heavy atom. The van der Waals surface area contributed by atoms with Crippen molar-refractivity contribution in [2.75, 3.05) is 16.0 Å². The summed E-state index contributed by atoms with van der Waals surface area (Å²) >= 11 is 0. The van der Waals surface area contributed by atoms with E-state index in [9.17, 15) is 9.59 Å². The number of aryl methyl sites for hydroxylation is 2. The number of fused-ring (bicyclic) bond motifs is 1. The summed E-state index contributed by atoms with van der Waals surface area (Å²) in [4.78, 5) is 24.3. The van der Waals surface area contributed by atoms with Gasteiger partial charge in [0, 0.05) is 5.69 Å². The molecule has 0 aromatic heterocycles. The summed E-state index contributed by atoms with van der Waals surface area (Å²) in [5.74, 6) is -0.389. The van der Waals surface area contributed by atoms with Gasteiger partial charge in [-0.1, -0.05) is 18.2 Å². The molecule has 0 saturated heterocycles. The van der Waals surface area contributed by atoms with E-state index < -0.39 is 6.04 Å². The maximum absolute atomic E-state index is 12.2. The zero-order valence-electron chi connectivity index (χ0n) is 13.1. The number of nitrogens with one attached hydrogen (secondary N) is 3. The molecule has 2 aromatic rings. The van der Waals surface area contributed by atoms with Crippen molar-refractivity contribution in [1.82, 2.24) is 0 Å². The summed E-state index contributed by atoms with van der Waals surface area (Å²) in [6.45, 7) is 4.02. The van der Waals surface area contributed by atoms with E-state index in [-0.39, 0.29) is 18.2 Å². The molecular weight excluding hydrogens is 290 g/mol. The van der Waals surface area contributed by atoms with Gasteiger partial charge in [0.25, 0.3) is 0 Å². The van der Waals surface area contributed by atoms with Gasteiger partial charge in [-0.2, -0.15) is 0 Å². The first-order chi connectivity index (χ1) is 11.0. The van der Waals surface area contributed by atoms with Crippen molar-refractivity contribution >= 4 is 28.9 Å². The second kappa shape index (κ2) is 6.12. The molecule has 0 radical (unpaired) electrons. The number of anilines is 3. The fraction of sp³-hybridized carbons (Fsp3) is 0.222. The second-order valence-corrected chi connectivity index (χ2v) is 5.79. The molecule has 0 unspecified atom stereocenters. The highest BCUT2D eigenvalue weighted by Crippen LogP contribution is 2.30. The van der Waals surface area contributed by atoms with Crippen LogP contribution in [0.25, 0.3) is 0 Å². The van der Waals surface area contributed by atoms with Crippen molar-refractivity contribution in [3.8, 4) is 0 Å². The van der Waals surface area contributed by atoms with Crippen LogP contribution in [0.1, 0.15) is 17.5 Å². The minimum Gasteiger partial charge on any atom is -0.372 e. The normalized spacial score (nSPS) is 16.1. The van der Waals surface area contributed by atoms with Gasteiger partial charge in [0.15, 0.2) is 0 Å². The minimum atomic E-state index is -0.576. The average Bonchev–Trinajstić information content (AvgIpc) is 2.51. The Morgan fingerprint density at radius 3 is 2.43 bits per heavy atom. The number of para-hydroxylation sites is 1. The third-order valence-corrected chi connectivity index (χ3v) is 3.99. The predicted molar refractivity (Wildman–Crippen MR) is 91.6 cm³/mol. The van der Waals surface area contributed by atoms with Crippen LogP contribution in [-0.4, -0.2) is 17.9 Å². The van der Waals surface area contributed by atoms with Crippen LogP contribution in [0.3, 0.4) is 0 Å². The number of hydrogen-bond donors (Lipinski definition) is 3. The van der Waals surface area contributed by atoms with Gasteiger partial charge in [0.05, 0.1) is 17.8 Å². The summed E-state index contributed by atoms with van der Waals surface area (Å²) in [6, 6.07) is 12.6. The number of benzene rings is 2. The van der Waals surface area contributed by atoms with Crippen LogP contribution in [0.5, 0.6) is 0 Å². The molecule has 23 heavy (non-hydrogen) atoms. The maximum Gasteiger partial charge on any atom is 0.247 e. The first-order valence-electron chi connectivity index (χ1n) is 7.56. The van der Waals surface area contributed by atoms with Crippen LogP contribution in [0.15, 0.2) is 42.5 Å². The van der Waals surface area contributed by atoms with Crippen molar-refractivity contribution in [2.45, 2.75) is 26.3 Å². The summed E-state index contributed by atoms with van der Waals surface area (Å²) < 4.78 is 0. The van der Waals surface area contributed by atoms with Crippen molar-refractivity contribution in [1.29, 1.82) is 0 Å². The lowest BCUT2D eigenvalue weighted by atomic mass is 10.0. The standard InChI is InChI=1S/C18H19N3O2/c1-11-8-14-15(9-12(11)2)21-18(23)16(20-14)10-17(22)19-13-6-4-3-5-7-13/h3-9,16,20H,10H2,1-2H3,(H,19,22)(H,21,23)/t16-/m0/s1. The lowest BCUT2D eigenvalue weighted by Gasteiger charge is -2.27. The van der Waals surface area contributed by atoms with Gasteiger partial charge in [-0.15, -0.1) is 0 Å². The zero-order chi connectivity index (χ0) is 16.4. The van der Waals surface area contributed by atoms with Crippen LogP contribution in [-0.2, 0) is 9.59 Å². The molecule has 3 N–H and O–H groups in total. The molecule has 1 heterocycles. The molecule has 0 saturated carbocycles. The SMILES string of the molecule is Cc1cc2c(cc1C)N[C@@H](CC(=O)Nc1ccccc1)C(=O)N2. The molecule has 3 rings (SSSR count). The highest BCUT2D eigenvalue weighted by Gasteiger charge is 2.27. The second-order valence-electron chi connectivity index (χ2n) is 5.79. The Bertz CT molecular complexity index is 756. The van der Waals surface area contributed by atoms with E-state index >= 15 is 0 Å². The molecule has 2 amide bonds. The lowest BCUT2D eigenvalue weighted by Crippen LogP contribution is -2.41. The van der Waals surface area contributed by atoms with Gasteiger partial charge in [-0.25, -0.2) is 0 Å². The molecule has 0 bridgehead atoms. The number of carbonyl (C=O) groups is 2. The fourth-order valence-electron chi connectivity index (χ4n) is 2.57. The smallest absolute Gasteiger partial charge is 0.247 e. The van der Waals surface area contributed by atoms with Crippen molar-refractivity contribution in [3.05, 3.63) is 53.6 Å². The average molecular weight is 309 g/mol. The monoisotopic (exact) mass is 309 g/mol. The molecule has 1 aliphatic rings. The summed E-state index contributed by atoms with van der Waals surface area (Å²) in [5.41, 5.74) is 4.59. The maximum atomic E-state index is 12.2. The van der Waals surface area contributed by atoms with Crippen LogP contribution in [0.2, 0.25) is 0 Å². The molecule has 1 atom stereocenters.